The Kier molecular flexibility index (Phi) is 4.22. The van der Waals surface area contributed by atoms with Crippen molar-refractivity contribution in [1.29, 1.82) is 0 Å². The maximum absolute atomic E-state index is 11.7. The van der Waals surface area contributed by atoms with Gasteiger partial charge in [0.2, 0.25) is 0 Å². The number of carbonyl (C=O) groups excluding carboxylic acids is 1. The van der Waals surface area contributed by atoms with Crippen LogP contribution in [0.1, 0.15) is 51.9 Å². The molecule has 0 saturated heterocycles. The first-order chi connectivity index (χ1) is 7.75. The van der Waals surface area contributed by atoms with Crippen LogP contribution in [-0.4, -0.2) is 24.8 Å². The van der Waals surface area contributed by atoms with Gasteiger partial charge in [-0.2, -0.15) is 0 Å². The first-order valence-electron chi connectivity index (χ1n) is 6.58. The Labute approximate surface area is 97.5 Å². The lowest BCUT2D eigenvalue weighted by Crippen LogP contribution is -2.29. The topological polar surface area (TPSA) is 35.5 Å². The minimum Gasteiger partial charge on any atom is -0.460 e. The van der Waals surface area contributed by atoms with Crippen LogP contribution in [0.2, 0.25) is 0 Å². The quantitative estimate of drug-likeness (QED) is 0.676. The van der Waals surface area contributed by atoms with Crippen LogP contribution in [0.25, 0.3) is 0 Å². The van der Waals surface area contributed by atoms with E-state index in [9.17, 15) is 4.79 Å². The molecule has 3 nitrogen and oxygen atoms in total. The minimum atomic E-state index is -0.387. The Hall–Kier alpha value is -0.570. The first-order valence-corrected chi connectivity index (χ1v) is 6.58. The molecule has 0 heterocycles. The molecule has 3 heteroatoms. The molecule has 92 valence electrons. The maximum Gasteiger partial charge on any atom is 0.335 e. The van der Waals surface area contributed by atoms with Crippen LogP contribution in [0.3, 0.4) is 0 Å². The van der Waals surface area contributed by atoms with Gasteiger partial charge >= 0.3 is 5.97 Å². The van der Waals surface area contributed by atoms with Crippen molar-refractivity contribution >= 4 is 5.97 Å². The van der Waals surface area contributed by atoms with E-state index in [4.69, 9.17) is 9.47 Å². The SMILES string of the molecule is C[C@@H](OCC1CC1)C(=O)OC1CCCCC1. The molecule has 0 aliphatic heterocycles. The molecule has 16 heavy (non-hydrogen) atoms. The molecule has 0 spiro atoms. The van der Waals surface area contributed by atoms with Gasteiger partial charge in [0.25, 0.3) is 0 Å². The largest absolute Gasteiger partial charge is 0.460 e. The molecule has 2 fully saturated rings. The zero-order valence-corrected chi connectivity index (χ0v) is 10.1. The second-order valence-corrected chi connectivity index (χ2v) is 5.12. The maximum atomic E-state index is 11.7. The highest BCUT2D eigenvalue weighted by molar-refractivity contribution is 5.74. The van der Waals surface area contributed by atoms with E-state index >= 15 is 0 Å². The molecule has 2 saturated carbocycles. The Morgan fingerprint density at radius 1 is 1.19 bits per heavy atom. The Bertz CT molecular complexity index is 229. The number of rotatable bonds is 5. The van der Waals surface area contributed by atoms with E-state index in [1.807, 2.05) is 0 Å². The molecule has 0 bridgehead atoms. The fraction of sp³-hybridized carbons (Fsp3) is 0.923. The molecule has 0 unspecified atom stereocenters. The predicted octanol–water partition coefficient (Wildman–Crippen LogP) is 2.68. The molecule has 2 aliphatic carbocycles. The second kappa shape index (κ2) is 5.67. The number of esters is 1. The normalized spacial score (nSPS) is 24.1. The molecular formula is C13H22O3. The van der Waals surface area contributed by atoms with E-state index < -0.39 is 0 Å². The first kappa shape index (κ1) is 11.9. The van der Waals surface area contributed by atoms with Gasteiger partial charge in [-0.25, -0.2) is 4.79 Å². The monoisotopic (exact) mass is 226 g/mol. The Balaban J connectivity index is 1.64. The Morgan fingerprint density at radius 2 is 1.88 bits per heavy atom. The third kappa shape index (κ3) is 3.78. The van der Waals surface area contributed by atoms with Crippen LogP contribution < -0.4 is 0 Å². The molecule has 0 aromatic carbocycles. The van der Waals surface area contributed by atoms with Crippen LogP contribution in [0.4, 0.5) is 0 Å². The molecule has 0 aromatic rings. The van der Waals surface area contributed by atoms with Gasteiger partial charge in [-0.15, -0.1) is 0 Å². The summed E-state index contributed by atoms with van der Waals surface area (Å²) in [5.74, 6) is 0.525. The van der Waals surface area contributed by atoms with Crippen LogP contribution in [0, 0.1) is 5.92 Å². The summed E-state index contributed by atoms with van der Waals surface area (Å²) in [5.41, 5.74) is 0. The summed E-state index contributed by atoms with van der Waals surface area (Å²) in [6.45, 7) is 2.52. The molecule has 1 atom stereocenters. The number of ether oxygens (including phenoxy) is 2. The molecule has 0 N–H and O–H groups in total. The van der Waals surface area contributed by atoms with Crippen molar-refractivity contribution in [3.8, 4) is 0 Å². The van der Waals surface area contributed by atoms with Gasteiger partial charge in [0.15, 0.2) is 6.10 Å². The van der Waals surface area contributed by atoms with E-state index in [-0.39, 0.29) is 18.2 Å². The summed E-state index contributed by atoms with van der Waals surface area (Å²) in [6, 6.07) is 0. The van der Waals surface area contributed by atoms with E-state index in [1.54, 1.807) is 6.92 Å². The van der Waals surface area contributed by atoms with Crippen molar-refractivity contribution in [2.75, 3.05) is 6.61 Å². The van der Waals surface area contributed by atoms with E-state index in [2.05, 4.69) is 0 Å². The van der Waals surface area contributed by atoms with Crippen LogP contribution in [0.5, 0.6) is 0 Å². The third-order valence-electron chi connectivity index (χ3n) is 3.45. The smallest absolute Gasteiger partial charge is 0.335 e. The van der Waals surface area contributed by atoms with Crippen molar-refractivity contribution in [2.45, 2.75) is 64.1 Å². The van der Waals surface area contributed by atoms with Crippen molar-refractivity contribution in [3.05, 3.63) is 0 Å². The molecular weight excluding hydrogens is 204 g/mol. The van der Waals surface area contributed by atoms with Crippen molar-refractivity contribution < 1.29 is 14.3 Å². The zero-order valence-electron chi connectivity index (χ0n) is 10.1. The summed E-state index contributed by atoms with van der Waals surface area (Å²) < 4.78 is 10.9. The lowest BCUT2D eigenvalue weighted by Gasteiger charge is -2.23. The summed E-state index contributed by atoms with van der Waals surface area (Å²) in [7, 11) is 0. The van der Waals surface area contributed by atoms with Gasteiger partial charge in [-0.05, 0) is 51.4 Å². The van der Waals surface area contributed by atoms with E-state index in [0.717, 1.165) is 19.4 Å². The van der Waals surface area contributed by atoms with Crippen molar-refractivity contribution in [1.82, 2.24) is 0 Å². The van der Waals surface area contributed by atoms with Crippen molar-refractivity contribution in [2.24, 2.45) is 5.92 Å². The van der Waals surface area contributed by atoms with Crippen molar-refractivity contribution in [3.63, 3.8) is 0 Å². The minimum absolute atomic E-state index is 0.147. The Morgan fingerprint density at radius 3 is 2.50 bits per heavy atom. The number of hydrogen-bond acceptors (Lipinski definition) is 3. The predicted molar refractivity (Wildman–Crippen MR) is 61.1 cm³/mol. The van der Waals surface area contributed by atoms with E-state index in [1.165, 1.54) is 32.1 Å². The second-order valence-electron chi connectivity index (χ2n) is 5.12. The third-order valence-corrected chi connectivity index (χ3v) is 3.45. The lowest BCUT2D eigenvalue weighted by molar-refractivity contribution is -0.163. The fourth-order valence-electron chi connectivity index (χ4n) is 2.08. The molecule has 2 aliphatic rings. The summed E-state index contributed by atoms with van der Waals surface area (Å²) >= 11 is 0. The number of hydrogen-bond donors (Lipinski definition) is 0. The average molecular weight is 226 g/mol. The van der Waals surface area contributed by atoms with Crippen LogP contribution >= 0.6 is 0 Å². The summed E-state index contributed by atoms with van der Waals surface area (Å²) in [6.07, 6.45) is 7.99. The molecule has 0 amide bonds. The molecule has 2 rings (SSSR count). The molecule has 0 aromatic heterocycles. The van der Waals surface area contributed by atoms with Gasteiger partial charge in [0.1, 0.15) is 6.10 Å². The average Bonchev–Trinajstić information content (AvgIpc) is 3.11. The fourth-order valence-corrected chi connectivity index (χ4v) is 2.08. The zero-order chi connectivity index (χ0) is 11.4. The van der Waals surface area contributed by atoms with E-state index in [0.29, 0.717) is 5.92 Å². The highest BCUT2D eigenvalue weighted by Crippen LogP contribution is 2.29. The summed E-state index contributed by atoms with van der Waals surface area (Å²) in [4.78, 5) is 11.7. The van der Waals surface area contributed by atoms with Gasteiger partial charge < -0.3 is 9.47 Å². The van der Waals surface area contributed by atoms with Crippen LogP contribution in [0.15, 0.2) is 0 Å². The van der Waals surface area contributed by atoms with Gasteiger partial charge in [-0.1, -0.05) is 6.42 Å². The van der Waals surface area contributed by atoms with Crippen LogP contribution in [-0.2, 0) is 14.3 Å². The van der Waals surface area contributed by atoms with Gasteiger partial charge in [0.05, 0.1) is 6.61 Å². The molecule has 0 radical (unpaired) electrons. The van der Waals surface area contributed by atoms with Gasteiger partial charge in [-0.3, -0.25) is 0 Å². The highest BCUT2D eigenvalue weighted by atomic mass is 16.6. The van der Waals surface area contributed by atoms with Gasteiger partial charge in [0, 0.05) is 0 Å². The lowest BCUT2D eigenvalue weighted by atomic mass is 9.98. The number of carbonyl (C=O) groups is 1. The summed E-state index contributed by atoms with van der Waals surface area (Å²) in [5, 5.41) is 0. The standard InChI is InChI=1S/C13H22O3/c1-10(15-9-11-7-8-11)13(14)16-12-5-3-2-4-6-12/h10-12H,2-9H2,1H3/t10-/m1/s1. The highest BCUT2D eigenvalue weighted by Gasteiger charge is 2.26.